The highest BCUT2D eigenvalue weighted by molar-refractivity contribution is 4.57. The Morgan fingerprint density at radius 3 is 2.91 bits per heavy atom. The predicted molar refractivity (Wildman–Crippen MR) is 44.4 cm³/mol. The molecule has 0 bridgehead atoms. The summed E-state index contributed by atoms with van der Waals surface area (Å²) in [6, 6.07) is 0. The molecule has 0 aliphatic carbocycles. The minimum absolute atomic E-state index is 0.397. The summed E-state index contributed by atoms with van der Waals surface area (Å²) in [4.78, 5) is 0. The number of hydrogen-bond acceptors (Lipinski definition) is 4. The van der Waals surface area contributed by atoms with Gasteiger partial charge in [-0.15, -0.1) is 0 Å². The number of hydrogen-bond donors (Lipinski definition) is 3. The van der Waals surface area contributed by atoms with Crippen LogP contribution in [0.25, 0.3) is 0 Å². The number of nitrogens with two attached hydrogens (primary N) is 1. The Labute approximate surface area is 67.7 Å². The molecule has 4 N–H and O–H groups in total. The van der Waals surface area contributed by atoms with Crippen LogP contribution in [0.4, 0.5) is 0 Å². The van der Waals surface area contributed by atoms with E-state index in [2.05, 4.69) is 5.32 Å². The molecule has 0 rings (SSSR count). The molecule has 68 valence electrons. The molecule has 0 saturated carbocycles. The third-order valence-corrected chi connectivity index (χ3v) is 1.22. The van der Waals surface area contributed by atoms with Crippen LogP contribution in [0.15, 0.2) is 0 Å². The van der Waals surface area contributed by atoms with Gasteiger partial charge in [0.05, 0.1) is 12.7 Å². The molecule has 4 nitrogen and oxygen atoms in total. The van der Waals surface area contributed by atoms with Crippen molar-refractivity contribution in [3.63, 3.8) is 0 Å². The summed E-state index contributed by atoms with van der Waals surface area (Å²) >= 11 is 0. The van der Waals surface area contributed by atoms with Crippen LogP contribution in [0, 0.1) is 0 Å². The molecule has 0 heterocycles. The molecule has 0 spiro atoms. The number of aliphatic hydroxyl groups is 1. The molecule has 0 aromatic carbocycles. The first-order valence-corrected chi connectivity index (χ1v) is 3.97. The van der Waals surface area contributed by atoms with Crippen molar-refractivity contribution in [1.29, 1.82) is 0 Å². The third kappa shape index (κ3) is 7.74. The largest absolute Gasteiger partial charge is 0.389 e. The van der Waals surface area contributed by atoms with Crippen LogP contribution in [0.3, 0.4) is 0 Å². The minimum atomic E-state index is -0.415. The van der Waals surface area contributed by atoms with E-state index in [1.165, 1.54) is 0 Å². The Bertz CT molecular complexity index is 80.8. The second-order valence-electron chi connectivity index (χ2n) is 2.31. The Kier molecular flexibility index (Phi) is 7.83. The lowest BCUT2D eigenvalue weighted by Crippen LogP contribution is -2.33. The summed E-state index contributed by atoms with van der Waals surface area (Å²) in [7, 11) is 0. The standard InChI is InChI=1S/C7H18N2O2/c1-2-11-6-7(10)5-9-4-3-8/h7,9-10H,2-6,8H2,1H3. The molecule has 1 unspecified atom stereocenters. The molecule has 1 atom stereocenters. The third-order valence-electron chi connectivity index (χ3n) is 1.22. The molecule has 0 amide bonds. The van der Waals surface area contributed by atoms with Gasteiger partial charge in [0, 0.05) is 26.2 Å². The Morgan fingerprint density at radius 1 is 1.64 bits per heavy atom. The van der Waals surface area contributed by atoms with E-state index in [1.54, 1.807) is 0 Å². The van der Waals surface area contributed by atoms with Crippen molar-refractivity contribution in [2.24, 2.45) is 5.73 Å². The molecular formula is C7H18N2O2. The summed E-state index contributed by atoms with van der Waals surface area (Å²) in [5.74, 6) is 0. The number of aliphatic hydroxyl groups excluding tert-OH is 1. The fourth-order valence-electron chi connectivity index (χ4n) is 0.684. The predicted octanol–water partition coefficient (Wildman–Crippen LogP) is -1.07. The first-order valence-electron chi connectivity index (χ1n) is 3.97. The Hall–Kier alpha value is -0.160. The molecule has 0 saturated heterocycles. The fraction of sp³-hybridized carbons (Fsp3) is 1.00. The van der Waals surface area contributed by atoms with E-state index in [9.17, 15) is 5.11 Å². The summed E-state index contributed by atoms with van der Waals surface area (Å²) in [6.07, 6.45) is -0.415. The zero-order valence-corrected chi connectivity index (χ0v) is 7.05. The zero-order chi connectivity index (χ0) is 8.53. The lowest BCUT2D eigenvalue weighted by atomic mass is 10.4. The topological polar surface area (TPSA) is 67.5 Å². The summed E-state index contributed by atoms with van der Waals surface area (Å²) in [5, 5.41) is 12.2. The maximum Gasteiger partial charge on any atom is 0.0897 e. The van der Waals surface area contributed by atoms with Crippen LogP contribution >= 0.6 is 0 Å². The van der Waals surface area contributed by atoms with E-state index in [-0.39, 0.29) is 0 Å². The average Bonchev–Trinajstić information content (AvgIpc) is 2.01. The molecule has 0 radical (unpaired) electrons. The normalized spacial score (nSPS) is 13.4. The molecular weight excluding hydrogens is 144 g/mol. The molecule has 0 aliphatic rings. The second kappa shape index (κ2) is 7.94. The van der Waals surface area contributed by atoms with Gasteiger partial charge in [0.25, 0.3) is 0 Å². The maximum absolute atomic E-state index is 9.18. The van der Waals surface area contributed by atoms with E-state index in [0.29, 0.717) is 26.3 Å². The molecule has 4 heteroatoms. The van der Waals surface area contributed by atoms with Gasteiger partial charge in [0.2, 0.25) is 0 Å². The minimum Gasteiger partial charge on any atom is -0.389 e. The molecule has 11 heavy (non-hydrogen) atoms. The summed E-state index contributed by atoms with van der Waals surface area (Å²) < 4.78 is 5.00. The number of rotatable bonds is 7. The first kappa shape index (κ1) is 10.8. The van der Waals surface area contributed by atoms with Crippen LogP contribution in [0.2, 0.25) is 0 Å². The van der Waals surface area contributed by atoms with E-state index >= 15 is 0 Å². The van der Waals surface area contributed by atoms with Gasteiger partial charge in [-0.2, -0.15) is 0 Å². The van der Waals surface area contributed by atoms with E-state index in [1.807, 2.05) is 6.92 Å². The monoisotopic (exact) mass is 162 g/mol. The van der Waals surface area contributed by atoms with Crippen molar-refractivity contribution in [1.82, 2.24) is 5.32 Å². The lowest BCUT2D eigenvalue weighted by molar-refractivity contribution is 0.0431. The van der Waals surface area contributed by atoms with E-state index in [0.717, 1.165) is 6.54 Å². The van der Waals surface area contributed by atoms with Crippen LogP contribution < -0.4 is 11.1 Å². The van der Waals surface area contributed by atoms with Crippen LogP contribution in [0.1, 0.15) is 6.92 Å². The van der Waals surface area contributed by atoms with Gasteiger partial charge in [-0.25, -0.2) is 0 Å². The Balaban J connectivity index is 3.02. The maximum atomic E-state index is 9.18. The SMILES string of the molecule is CCOCC(O)CNCCN. The first-order chi connectivity index (χ1) is 5.31. The highest BCUT2D eigenvalue weighted by atomic mass is 16.5. The van der Waals surface area contributed by atoms with Crippen molar-refractivity contribution in [3.8, 4) is 0 Å². The van der Waals surface area contributed by atoms with Gasteiger partial charge in [-0.05, 0) is 6.92 Å². The van der Waals surface area contributed by atoms with Gasteiger partial charge < -0.3 is 20.9 Å². The highest BCUT2D eigenvalue weighted by Crippen LogP contribution is 1.82. The van der Waals surface area contributed by atoms with Crippen LogP contribution in [-0.4, -0.2) is 44.1 Å². The fourth-order valence-corrected chi connectivity index (χ4v) is 0.684. The smallest absolute Gasteiger partial charge is 0.0897 e. The van der Waals surface area contributed by atoms with Gasteiger partial charge in [-0.1, -0.05) is 0 Å². The van der Waals surface area contributed by atoms with Gasteiger partial charge in [0.15, 0.2) is 0 Å². The number of ether oxygens (including phenoxy) is 1. The van der Waals surface area contributed by atoms with Crippen molar-refractivity contribution in [2.45, 2.75) is 13.0 Å². The lowest BCUT2D eigenvalue weighted by Gasteiger charge is -2.10. The van der Waals surface area contributed by atoms with Crippen molar-refractivity contribution in [2.75, 3.05) is 32.8 Å². The van der Waals surface area contributed by atoms with Gasteiger partial charge >= 0.3 is 0 Å². The summed E-state index contributed by atoms with van der Waals surface area (Å²) in [6.45, 7) is 4.84. The molecule has 0 aromatic heterocycles. The van der Waals surface area contributed by atoms with Crippen molar-refractivity contribution < 1.29 is 9.84 Å². The molecule has 0 aliphatic heterocycles. The van der Waals surface area contributed by atoms with Gasteiger partial charge in [0.1, 0.15) is 0 Å². The number of nitrogens with one attached hydrogen (secondary N) is 1. The van der Waals surface area contributed by atoms with Crippen LogP contribution in [0.5, 0.6) is 0 Å². The van der Waals surface area contributed by atoms with Crippen molar-refractivity contribution in [3.05, 3.63) is 0 Å². The summed E-state index contributed by atoms with van der Waals surface area (Å²) in [5.41, 5.74) is 5.24. The van der Waals surface area contributed by atoms with Gasteiger partial charge in [-0.3, -0.25) is 0 Å². The zero-order valence-electron chi connectivity index (χ0n) is 7.05. The quantitative estimate of drug-likeness (QED) is 0.417. The highest BCUT2D eigenvalue weighted by Gasteiger charge is 2.01. The molecule has 0 aromatic rings. The second-order valence-corrected chi connectivity index (χ2v) is 2.31. The van der Waals surface area contributed by atoms with Crippen molar-refractivity contribution >= 4 is 0 Å². The Morgan fingerprint density at radius 2 is 2.36 bits per heavy atom. The van der Waals surface area contributed by atoms with E-state index in [4.69, 9.17) is 10.5 Å². The van der Waals surface area contributed by atoms with Crippen LogP contribution in [-0.2, 0) is 4.74 Å². The average molecular weight is 162 g/mol. The van der Waals surface area contributed by atoms with E-state index < -0.39 is 6.10 Å². The molecule has 0 fully saturated rings.